The van der Waals surface area contributed by atoms with Crippen LogP contribution in [0.5, 0.6) is 0 Å². The Kier molecular flexibility index (Phi) is 5.90. The summed E-state index contributed by atoms with van der Waals surface area (Å²) < 4.78 is 5.73. The number of thioether (sulfide) groups is 1. The molecule has 2 nitrogen and oxygen atoms in total. The topological polar surface area (TPSA) is 12.5 Å². The van der Waals surface area contributed by atoms with E-state index in [0.29, 0.717) is 12.0 Å². The normalized spacial score (nSPS) is 24.4. The van der Waals surface area contributed by atoms with E-state index < -0.39 is 0 Å². The molecule has 1 saturated heterocycles. The van der Waals surface area contributed by atoms with Crippen LogP contribution < -0.4 is 0 Å². The summed E-state index contributed by atoms with van der Waals surface area (Å²) in [7, 11) is 0. The number of nitrogens with zero attached hydrogens (tertiary/aromatic N) is 1. The minimum absolute atomic E-state index is 0.454. The second-order valence-corrected chi connectivity index (χ2v) is 5.54. The number of hydrogen-bond donors (Lipinski definition) is 0. The predicted molar refractivity (Wildman–Crippen MR) is 64.0 cm³/mol. The molecule has 0 aliphatic carbocycles. The fraction of sp³-hybridized carbons (Fsp3) is 1.00. The molecule has 14 heavy (non-hydrogen) atoms. The molecule has 0 saturated carbocycles. The smallest absolute Gasteiger partial charge is 0.0725 e. The summed E-state index contributed by atoms with van der Waals surface area (Å²) in [4.78, 5) is 2.54. The quantitative estimate of drug-likeness (QED) is 0.654. The summed E-state index contributed by atoms with van der Waals surface area (Å²) >= 11 is 2.03. The first-order valence-corrected chi connectivity index (χ1v) is 6.81. The molecule has 0 aromatic heterocycles. The lowest BCUT2D eigenvalue weighted by molar-refractivity contribution is -0.0484. The van der Waals surface area contributed by atoms with Gasteiger partial charge in [0.25, 0.3) is 0 Å². The zero-order valence-electron chi connectivity index (χ0n) is 9.66. The molecule has 1 rings (SSSR count). The molecule has 0 N–H and O–H groups in total. The predicted octanol–water partition coefficient (Wildman–Crippen LogP) is 2.10. The van der Waals surface area contributed by atoms with Crippen molar-refractivity contribution in [2.75, 3.05) is 37.7 Å². The van der Waals surface area contributed by atoms with Gasteiger partial charge in [-0.2, -0.15) is 11.8 Å². The van der Waals surface area contributed by atoms with Gasteiger partial charge < -0.3 is 4.74 Å². The van der Waals surface area contributed by atoms with E-state index in [2.05, 4.69) is 25.7 Å². The van der Waals surface area contributed by atoms with Crippen molar-refractivity contribution in [2.45, 2.75) is 26.9 Å². The molecule has 0 aromatic rings. The van der Waals surface area contributed by atoms with Gasteiger partial charge in [-0.05, 0) is 11.7 Å². The third-order valence-electron chi connectivity index (χ3n) is 2.68. The van der Waals surface area contributed by atoms with Crippen LogP contribution >= 0.6 is 11.8 Å². The average Bonchev–Trinajstić information content (AvgIpc) is 2.19. The van der Waals surface area contributed by atoms with Crippen LogP contribution in [-0.4, -0.2) is 48.8 Å². The Hall–Kier alpha value is 0.270. The van der Waals surface area contributed by atoms with Crippen molar-refractivity contribution in [1.82, 2.24) is 4.90 Å². The molecule has 0 radical (unpaired) electrons. The van der Waals surface area contributed by atoms with Crippen LogP contribution in [0.4, 0.5) is 0 Å². The molecule has 1 aliphatic rings. The lowest BCUT2D eigenvalue weighted by Gasteiger charge is -2.34. The molecule has 0 aromatic carbocycles. The molecule has 1 aliphatic heterocycles. The maximum atomic E-state index is 5.73. The Morgan fingerprint density at radius 3 is 2.93 bits per heavy atom. The molecule has 0 bridgehead atoms. The number of morpholine rings is 1. The monoisotopic (exact) mass is 217 g/mol. The van der Waals surface area contributed by atoms with Gasteiger partial charge in [0.05, 0.1) is 12.7 Å². The average molecular weight is 217 g/mol. The van der Waals surface area contributed by atoms with Crippen LogP contribution in [0.15, 0.2) is 0 Å². The maximum Gasteiger partial charge on any atom is 0.0725 e. The fourth-order valence-electron chi connectivity index (χ4n) is 1.68. The van der Waals surface area contributed by atoms with Crippen LogP contribution in [0.2, 0.25) is 0 Å². The van der Waals surface area contributed by atoms with Crippen molar-refractivity contribution in [3.63, 3.8) is 0 Å². The van der Waals surface area contributed by atoms with Crippen molar-refractivity contribution >= 4 is 11.8 Å². The second-order valence-electron chi connectivity index (χ2n) is 4.15. The number of ether oxygens (including phenoxy) is 1. The van der Waals surface area contributed by atoms with E-state index in [1.807, 2.05) is 11.8 Å². The highest BCUT2D eigenvalue weighted by Crippen LogP contribution is 2.13. The van der Waals surface area contributed by atoms with Gasteiger partial charge in [-0.1, -0.05) is 20.8 Å². The van der Waals surface area contributed by atoms with Gasteiger partial charge in [-0.3, -0.25) is 4.90 Å². The molecule has 3 heteroatoms. The van der Waals surface area contributed by atoms with Crippen molar-refractivity contribution < 1.29 is 4.74 Å². The lowest BCUT2D eigenvalue weighted by atomic mass is 10.1. The fourth-order valence-corrected chi connectivity index (χ4v) is 2.35. The summed E-state index contributed by atoms with van der Waals surface area (Å²) in [6.45, 7) is 11.1. The van der Waals surface area contributed by atoms with Gasteiger partial charge in [-0.25, -0.2) is 0 Å². The third kappa shape index (κ3) is 4.20. The van der Waals surface area contributed by atoms with Gasteiger partial charge in [0, 0.05) is 25.4 Å². The standard InChI is InChI=1S/C11H23NOS/c1-4-14-8-6-12-5-7-13-11(9-12)10(2)3/h10-11H,4-9H2,1-3H3/t11-/m1/s1. The summed E-state index contributed by atoms with van der Waals surface area (Å²) in [6, 6.07) is 0. The Morgan fingerprint density at radius 2 is 2.29 bits per heavy atom. The van der Waals surface area contributed by atoms with Gasteiger partial charge >= 0.3 is 0 Å². The molecule has 0 spiro atoms. The summed E-state index contributed by atoms with van der Waals surface area (Å²) in [6.07, 6.45) is 0.454. The van der Waals surface area contributed by atoms with Crippen LogP contribution in [0, 0.1) is 5.92 Å². The first-order chi connectivity index (χ1) is 6.74. The minimum atomic E-state index is 0.454. The number of rotatable bonds is 5. The first kappa shape index (κ1) is 12.3. The Balaban J connectivity index is 2.19. The third-order valence-corrected chi connectivity index (χ3v) is 3.56. The van der Waals surface area contributed by atoms with Gasteiger partial charge in [0.15, 0.2) is 0 Å². The summed E-state index contributed by atoms with van der Waals surface area (Å²) in [5.74, 6) is 3.15. The molecular weight excluding hydrogens is 194 g/mol. The number of hydrogen-bond acceptors (Lipinski definition) is 3. The lowest BCUT2D eigenvalue weighted by Crippen LogP contribution is -2.45. The van der Waals surface area contributed by atoms with Crippen molar-refractivity contribution in [2.24, 2.45) is 5.92 Å². The zero-order valence-corrected chi connectivity index (χ0v) is 10.5. The SMILES string of the molecule is CCSCCN1CCO[C@@H](C(C)C)C1. The molecule has 1 heterocycles. The molecule has 1 atom stereocenters. The largest absolute Gasteiger partial charge is 0.375 e. The molecular formula is C11H23NOS. The van der Waals surface area contributed by atoms with Crippen molar-refractivity contribution in [3.05, 3.63) is 0 Å². The highest BCUT2D eigenvalue weighted by atomic mass is 32.2. The Morgan fingerprint density at radius 1 is 1.50 bits per heavy atom. The van der Waals surface area contributed by atoms with E-state index in [4.69, 9.17) is 4.74 Å². The zero-order chi connectivity index (χ0) is 10.4. The molecule has 84 valence electrons. The highest BCUT2D eigenvalue weighted by molar-refractivity contribution is 7.99. The minimum Gasteiger partial charge on any atom is -0.375 e. The van der Waals surface area contributed by atoms with E-state index in [0.717, 1.165) is 19.7 Å². The van der Waals surface area contributed by atoms with Gasteiger partial charge in [0.2, 0.25) is 0 Å². The van der Waals surface area contributed by atoms with E-state index in [9.17, 15) is 0 Å². The van der Waals surface area contributed by atoms with E-state index in [-0.39, 0.29) is 0 Å². The Labute approximate surface area is 92.4 Å². The van der Waals surface area contributed by atoms with Gasteiger partial charge in [-0.15, -0.1) is 0 Å². The molecule has 0 amide bonds. The van der Waals surface area contributed by atoms with E-state index in [1.165, 1.54) is 18.1 Å². The summed E-state index contributed by atoms with van der Waals surface area (Å²) in [5, 5.41) is 0. The van der Waals surface area contributed by atoms with Crippen molar-refractivity contribution in [1.29, 1.82) is 0 Å². The van der Waals surface area contributed by atoms with E-state index >= 15 is 0 Å². The van der Waals surface area contributed by atoms with Crippen molar-refractivity contribution in [3.8, 4) is 0 Å². The maximum absolute atomic E-state index is 5.73. The molecule has 1 fully saturated rings. The van der Waals surface area contributed by atoms with Crippen LogP contribution in [-0.2, 0) is 4.74 Å². The van der Waals surface area contributed by atoms with Crippen LogP contribution in [0.3, 0.4) is 0 Å². The first-order valence-electron chi connectivity index (χ1n) is 5.65. The van der Waals surface area contributed by atoms with Gasteiger partial charge in [0.1, 0.15) is 0 Å². The Bertz CT molecular complexity index is 152. The van der Waals surface area contributed by atoms with Crippen LogP contribution in [0.1, 0.15) is 20.8 Å². The van der Waals surface area contributed by atoms with E-state index in [1.54, 1.807) is 0 Å². The second kappa shape index (κ2) is 6.70. The summed E-state index contributed by atoms with van der Waals surface area (Å²) in [5.41, 5.74) is 0. The highest BCUT2D eigenvalue weighted by Gasteiger charge is 2.22. The molecule has 0 unspecified atom stereocenters. The van der Waals surface area contributed by atoms with Crippen LogP contribution in [0.25, 0.3) is 0 Å².